The van der Waals surface area contributed by atoms with Crippen molar-refractivity contribution in [2.75, 3.05) is 26.9 Å². The summed E-state index contributed by atoms with van der Waals surface area (Å²) in [7, 11) is 1.62. The Morgan fingerprint density at radius 3 is 2.42 bits per heavy atom. The zero-order valence-corrected chi connectivity index (χ0v) is 25.0. The van der Waals surface area contributed by atoms with Crippen LogP contribution < -0.4 is 14.8 Å². The van der Waals surface area contributed by atoms with E-state index in [0.717, 1.165) is 16.9 Å². The summed E-state index contributed by atoms with van der Waals surface area (Å²) in [5.41, 5.74) is 11.4. The van der Waals surface area contributed by atoms with Crippen LogP contribution >= 0.6 is 0 Å². The minimum Gasteiger partial charge on any atom is -0.497 e. The number of aliphatic hydroxyl groups is 1. The molecule has 5 rings (SSSR count). The number of amides is 1. The Balaban J connectivity index is 1.52. The molecular weight excluding hydrogens is 570 g/mol. The first-order valence-corrected chi connectivity index (χ1v) is 14.8. The standard InChI is InChI=1S/C35H35N5O5/c1-43-29-16-12-25(13-17-29)20-21-37-34(42)35(24-28-10-5-6-11-31(28)39-40-36)32(26-8-3-2-4-9-26)45-33(38-35)27-14-18-30(19-15-27)44-23-7-22-41/h2-6,8-19,32,41H,7,20-24H2,1H3,(H,37,42)/t32-,35-/m1/s1. The number of hydrogen-bond acceptors (Lipinski definition) is 7. The molecule has 0 radical (unpaired) electrons. The number of carbonyl (C=O) groups is 1. The fourth-order valence-electron chi connectivity index (χ4n) is 5.27. The summed E-state index contributed by atoms with van der Waals surface area (Å²) in [6.45, 7) is 0.821. The van der Waals surface area contributed by atoms with Crippen LogP contribution in [-0.2, 0) is 22.4 Å². The molecule has 4 aromatic rings. The van der Waals surface area contributed by atoms with Crippen molar-refractivity contribution in [1.82, 2.24) is 5.32 Å². The maximum absolute atomic E-state index is 14.4. The molecule has 4 aromatic carbocycles. The lowest BCUT2D eigenvalue weighted by molar-refractivity contribution is -0.128. The largest absolute Gasteiger partial charge is 0.497 e. The quantitative estimate of drug-likeness (QED) is 0.0757. The van der Waals surface area contributed by atoms with Gasteiger partial charge in [-0.1, -0.05) is 71.8 Å². The maximum atomic E-state index is 14.4. The molecule has 0 bridgehead atoms. The number of nitrogens with one attached hydrogen (secondary N) is 1. The number of nitrogens with zero attached hydrogens (tertiary/aromatic N) is 4. The van der Waals surface area contributed by atoms with E-state index in [1.54, 1.807) is 19.2 Å². The summed E-state index contributed by atoms with van der Waals surface area (Å²) in [6, 6.07) is 31.7. The SMILES string of the molecule is COc1ccc(CCNC(=O)[C@]2(Cc3ccccc3N=[N+]=[N-])N=C(c3ccc(OCCCO)cc3)O[C@@H]2c2ccccc2)cc1. The number of hydrogen-bond donors (Lipinski definition) is 2. The van der Waals surface area contributed by atoms with E-state index >= 15 is 0 Å². The molecule has 0 saturated carbocycles. The van der Waals surface area contributed by atoms with Crippen LogP contribution in [-0.4, -0.2) is 49.3 Å². The summed E-state index contributed by atoms with van der Waals surface area (Å²) in [5.74, 6) is 1.42. The first kappa shape index (κ1) is 31.1. The van der Waals surface area contributed by atoms with Crippen molar-refractivity contribution in [1.29, 1.82) is 0 Å². The van der Waals surface area contributed by atoms with Crippen LogP contribution in [0.1, 0.15) is 34.8 Å². The van der Waals surface area contributed by atoms with Gasteiger partial charge in [-0.15, -0.1) is 0 Å². The van der Waals surface area contributed by atoms with E-state index < -0.39 is 11.6 Å². The van der Waals surface area contributed by atoms with Gasteiger partial charge in [0.05, 0.1) is 13.7 Å². The number of aliphatic imine (C=N–C) groups is 1. The third kappa shape index (κ3) is 7.44. The van der Waals surface area contributed by atoms with Crippen molar-refractivity contribution in [3.05, 3.63) is 136 Å². The molecule has 10 nitrogen and oxygen atoms in total. The molecule has 1 aliphatic rings. The summed E-state index contributed by atoms with van der Waals surface area (Å²) >= 11 is 0. The first-order valence-electron chi connectivity index (χ1n) is 14.8. The number of carbonyl (C=O) groups excluding carboxylic acids is 1. The molecule has 0 unspecified atom stereocenters. The van der Waals surface area contributed by atoms with Crippen molar-refractivity contribution in [2.24, 2.45) is 10.1 Å². The molecular formula is C35H35N5O5. The van der Waals surface area contributed by atoms with E-state index in [2.05, 4.69) is 15.3 Å². The minimum absolute atomic E-state index is 0.0522. The Bertz CT molecular complexity index is 1650. The van der Waals surface area contributed by atoms with Gasteiger partial charge in [-0.3, -0.25) is 4.79 Å². The molecule has 1 heterocycles. The van der Waals surface area contributed by atoms with Crippen molar-refractivity contribution < 1.29 is 24.1 Å². The van der Waals surface area contributed by atoms with Gasteiger partial charge in [-0.2, -0.15) is 0 Å². The Kier molecular flexibility index (Phi) is 10.3. The Morgan fingerprint density at radius 1 is 1.00 bits per heavy atom. The fraction of sp³-hybridized carbons (Fsp3) is 0.257. The molecule has 230 valence electrons. The van der Waals surface area contributed by atoms with Crippen LogP contribution in [0.2, 0.25) is 0 Å². The molecule has 0 fully saturated rings. The van der Waals surface area contributed by atoms with E-state index in [1.165, 1.54) is 0 Å². The monoisotopic (exact) mass is 605 g/mol. The van der Waals surface area contributed by atoms with Gasteiger partial charge in [0, 0.05) is 42.2 Å². The lowest BCUT2D eigenvalue weighted by Gasteiger charge is -2.31. The number of benzene rings is 4. The number of azide groups is 1. The zero-order valence-electron chi connectivity index (χ0n) is 25.0. The highest BCUT2D eigenvalue weighted by Crippen LogP contribution is 2.43. The van der Waals surface area contributed by atoms with Crippen molar-refractivity contribution in [3.63, 3.8) is 0 Å². The van der Waals surface area contributed by atoms with Gasteiger partial charge in [-0.05, 0) is 65.0 Å². The number of methoxy groups -OCH3 is 1. The van der Waals surface area contributed by atoms with E-state index in [9.17, 15) is 10.3 Å². The van der Waals surface area contributed by atoms with Crippen molar-refractivity contribution >= 4 is 17.5 Å². The van der Waals surface area contributed by atoms with E-state index in [0.29, 0.717) is 54.5 Å². The normalized spacial score (nSPS) is 17.0. The molecule has 0 saturated heterocycles. The molecule has 10 heteroatoms. The second-order valence-corrected chi connectivity index (χ2v) is 10.5. The van der Waals surface area contributed by atoms with Crippen molar-refractivity contribution in [3.8, 4) is 11.5 Å². The van der Waals surface area contributed by atoms with Crippen molar-refractivity contribution in [2.45, 2.75) is 30.9 Å². The van der Waals surface area contributed by atoms with Crippen LogP contribution in [0.25, 0.3) is 10.4 Å². The van der Waals surface area contributed by atoms with Gasteiger partial charge in [0.2, 0.25) is 5.90 Å². The van der Waals surface area contributed by atoms with Crippen LogP contribution in [0.3, 0.4) is 0 Å². The van der Waals surface area contributed by atoms with Crippen LogP contribution in [0, 0.1) is 0 Å². The van der Waals surface area contributed by atoms with Gasteiger partial charge in [-0.25, -0.2) is 4.99 Å². The lowest BCUT2D eigenvalue weighted by Crippen LogP contribution is -2.50. The third-order valence-corrected chi connectivity index (χ3v) is 7.59. The average molecular weight is 606 g/mol. The second kappa shape index (κ2) is 14.9. The van der Waals surface area contributed by atoms with Gasteiger partial charge in [0.25, 0.3) is 5.91 Å². The lowest BCUT2D eigenvalue weighted by atomic mass is 9.81. The molecule has 2 atom stereocenters. The van der Waals surface area contributed by atoms with Crippen LogP contribution in [0.15, 0.2) is 113 Å². The molecule has 2 N–H and O–H groups in total. The topological polar surface area (TPSA) is 138 Å². The predicted octanol–water partition coefficient (Wildman–Crippen LogP) is 6.26. The predicted molar refractivity (Wildman–Crippen MR) is 172 cm³/mol. The highest BCUT2D eigenvalue weighted by molar-refractivity contribution is 6.01. The Labute approximate surface area is 261 Å². The van der Waals surface area contributed by atoms with E-state index in [4.69, 9.17) is 24.3 Å². The number of aliphatic hydroxyl groups excluding tert-OH is 1. The Hall–Kier alpha value is -5.31. The molecule has 0 aliphatic carbocycles. The molecule has 0 spiro atoms. The van der Waals surface area contributed by atoms with E-state index in [1.807, 2.05) is 91.0 Å². The second-order valence-electron chi connectivity index (χ2n) is 10.5. The van der Waals surface area contributed by atoms with Crippen LogP contribution in [0.4, 0.5) is 5.69 Å². The smallest absolute Gasteiger partial charge is 0.252 e. The van der Waals surface area contributed by atoms with Gasteiger partial charge >= 0.3 is 0 Å². The van der Waals surface area contributed by atoms with Gasteiger partial charge in [0.1, 0.15) is 11.5 Å². The molecule has 0 aromatic heterocycles. The molecule has 1 aliphatic heterocycles. The summed E-state index contributed by atoms with van der Waals surface area (Å²) in [5, 5.41) is 16.1. The third-order valence-electron chi connectivity index (χ3n) is 7.59. The number of ether oxygens (including phenoxy) is 3. The number of rotatable bonds is 14. The summed E-state index contributed by atoms with van der Waals surface area (Å²) in [4.78, 5) is 22.5. The van der Waals surface area contributed by atoms with E-state index in [-0.39, 0.29) is 18.9 Å². The summed E-state index contributed by atoms with van der Waals surface area (Å²) < 4.78 is 17.5. The molecule has 45 heavy (non-hydrogen) atoms. The Morgan fingerprint density at radius 2 is 1.71 bits per heavy atom. The van der Waals surface area contributed by atoms with Gasteiger partial charge in [0.15, 0.2) is 11.6 Å². The van der Waals surface area contributed by atoms with Gasteiger partial charge < -0.3 is 24.6 Å². The summed E-state index contributed by atoms with van der Waals surface area (Å²) in [6.07, 6.45) is 0.493. The molecule has 1 amide bonds. The fourth-order valence-corrected chi connectivity index (χ4v) is 5.27. The maximum Gasteiger partial charge on any atom is 0.252 e. The highest BCUT2D eigenvalue weighted by atomic mass is 16.5. The highest BCUT2D eigenvalue weighted by Gasteiger charge is 2.53. The minimum atomic E-state index is -1.42. The first-order chi connectivity index (χ1) is 22.1. The average Bonchev–Trinajstić information content (AvgIpc) is 3.47. The zero-order chi connectivity index (χ0) is 31.5. The van der Waals surface area contributed by atoms with Crippen LogP contribution in [0.5, 0.6) is 11.5 Å².